The Hall–Kier alpha value is -2.78. The molecule has 0 aromatic rings. The number of hydrogen-bond acceptors (Lipinski definition) is 12. The van der Waals surface area contributed by atoms with Crippen molar-refractivity contribution in [2.24, 2.45) is 29.6 Å². The first-order valence-corrected chi connectivity index (χ1v) is 20.5. The number of aliphatic hydroxyl groups is 4. The average Bonchev–Trinajstić information content (AvgIpc) is 3.16. The highest BCUT2D eigenvalue weighted by atomic mass is 16.7. The van der Waals surface area contributed by atoms with Gasteiger partial charge in [-0.3, -0.25) is 14.4 Å². The highest BCUT2D eigenvalue weighted by Crippen LogP contribution is 2.39. The summed E-state index contributed by atoms with van der Waals surface area (Å²) < 4.78 is 24.1. The molecule has 14 unspecified atom stereocenters. The molecule has 4 rings (SSSR count). The number of piperidine rings is 1. The summed E-state index contributed by atoms with van der Waals surface area (Å²) in [6.07, 6.45) is 3.36. The van der Waals surface area contributed by atoms with E-state index in [-0.39, 0.29) is 43.4 Å². The maximum atomic E-state index is 14.2. The zero-order chi connectivity index (χ0) is 41.5. The molecule has 3 heterocycles. The van der Waals surface area contributed by atoms with Gasteiger partial charge in [0.2, 0.25) is 5.79 Å². The number of cyclic esters (lactones) is 1. The van der Waals surface area contributed by atoms with E-state index in [1.54, 1.807) is 26.8 Å². The number of fused-ring (bicyclic) bond motifs is 3. The lowest BCUT2D eigenvalue weighted by Crippen LogP contribution is -2.64. The molecule has 13 nitrogen and oxygen atoms in total. The van der Waals surface area contributed by atoms with Crippen LogP contribution in [-0.4, -0.2) is 124 Å². The minimum atomic E-state index is -2.52. The Kier molecular flexibility index (Phi) is 16.6. The van der Waals surface area contributed by atoms with Gasteiger partial charge >= 0.3 is 5.97 Å². The Morgan fingerprint density at radius 1 is 0.946 bits per heavy atom. The fourth-order valence-electron chi connectivity index (χ4n) is 9.19. The molecule has 0 aromatic heterocycles. The van der Waals surface area contributed by atoms with Gasteiger partial charge in [0, 0.05) is 44.9 Å². The first kappa shape index (κ1) is 45.9. The zero-order valence-corrected chi connectivity index (χ0v) is 34.4. The SMILES string of the molecule is C=CCC1/C=C(\C)CC(C)CC(OC)C2OC(O)(C(=O)C(=O)N3CCCCC3C(=O)OC(/C(C)=C/C3CCC(O)C(O)C3)C(C)C(O)CC1=O)C(C)CC2OC. The van der Waals surface area contributed by atoms with Crippen LogP contribution in [0, 0.1) is 29.6 Å². The second kappa shape index (κ2) is 20.3. The van der Waals surface area contributed by atoms with Crippen LogP contribution >= 0.6 is 0 Å². The quantitative estimate of drug-likeness (QED) is 0.172. The predicted octanol–water partition coefficient (Wildman–Crippen LogP) is 3.98. The van der Waals surface area contributed by atoms with Crippen molar-refractivity contribution >= 4 is 23.4 Å². The van der Waals surface area contributed by atoms with Crippen LogP contribution in [0.2, 0.25) is 0 Å². The summed E-state index contributed by atoms with van der Waals surface area (Å²) in [5.74, 6) is -8.03. The molecule has 4 aliphatic rings. The number of ether oxygens (including phenoxy) is 4. The molecular formula is C43H67NO12. The Balaban J connectivity index is 1.78. The number of methoxy groups -OCH3 is 2. The molecule has 2 saturated heterocycles. The molecule has 0 aromatic carbocycles. The van der Waals surface area contributed by atoms with Gasteiger partial charge in [0.1, 0.15) is 24.0 Å². The van der Waals surface area contributed by atoms with Crippen LogP contribution in [-0.2, 0) is 38.1 Å². The number of aliphatic hydroxyl groups excluding tert-OH is 3. The summed E-state index contributed by atoms with van der Waals surface area (Å²) in [7, 11) is 3.04. The van der Waals surface area contributed by atoms with E-state index >= 15 is 0 Å². The molecule has 14 atom stereocenters. The first-order chi connectivity index (χ1) is 26.4. The van der Waals surface area contributed by atoms with E-state index in [9.17, 15) is 39.6 Å². The lowest BCUT2D eigenvalue weighted by Gasteiger charge is -2.47. The van der Waals surface area contributed by atoms with Crippen LogP contribution in [0.5, 0.6) is 0 Å². The Morgan fingerprint density at radius 3 is 2.27 bits per heavy atom. The van der Waals surface area contributed by atoms with E-state index in [1.165, 1.54) is 14.2 Å². The molecule has 0 radical (unpaired) electrons. The Labute approximate surface area is 332 Å². The standard InChI is InChI=1S/C43H67NO12/c1-9-12-30-18-24(2)17-25(3)19-36(53-7)39-37(54-8)21-27(5)43(52,56-39)40(49)41(50)44-16-11-10-13-31(44)42(51)55-38(28(6)33(46)23-34(30)47)26(4)20-29-14-15-32(45)35(48)22-29/h9,18,20,25,27-33,35-39,45-46,48,52H,1,10-17,19,21-23H2,2-8H3/b24-18+,26-20+. The number of carbonyl (C=O) groups is 4. The van der Waals surface area contributed by atoms with Crippen molar-refractivity contribution in [3.05, 3.63) is 36.0 Å². The summed E-state index contributed by atoms with van der Waals surface area (Å²) in [5.41, 5.74) is 1.54. The van der Waals surface area contributed by atoms with Gasteiger partial charge in [-0.15, -0.1) is 6.58 Å². The topological polar surface area (TPSA) is 189 Å². The lowest BCUT2D eigenvalue weighted by molar-refractivity contribution is -0.302. The fourth-order valence-corrected chi connectivity index (χ4v) is 9.19. The minimum Gasteiger partial charge on any atom is -0.456 e. The van der Waals surface area contributed by atoms with Gasteiger partial charge in [-0.05, 0) is 95.5 Å². The van der Waals surface area contributed by atoms with E-state index in [0.717, 1.165) is 10.5 Å². The predicted molar refractivity (Wildman–Crippen MR) is 208 cm³/mol. The van der Waals surface area contributed by atoms with Crippen LogP contribution in [0.3, 0.4) is 0 Å². The summed E-state index contributed by atoms with van der Waals surface area (Å²) >= 11 is 0. The molecule has 316 valence electrons. The number of amides is 1. The maximum Gasteiger partial charge on any atom is 0.329 e. The summed E-state index contributed by atoms with van der Waals surface area (Å²) in [5, 5.41) is 44.1. The molecule has 13 heteroatoms. The number of rotatable bonds is 6. The highest BCUT2D eigenvalue weighted by Gasteiger charge is 2.56. The molecular weight excluding hydrogens is 722 g/mol. The second-order valence-corrected chi connectivity index (χ2v) is 17.1. The molecule has 3 aliphatic heterocycles. The normalized spacial score (nSPS) is 41.5. The van der Waals surface area contributed by atoms with Crippen molar-refractivity contribution in [2.45, 2.75) is 160 Å². The number of carbonyl (C=O) groups excluding carboxylic acids is 4. The summed E-state index contributed by atoms with van der Waals surface area (Å²) in [6.45, 7) is 13.0. The largest absolute Gasteiger partial charge is 0.456 e. The van der Waals surface area contributed by atoms with E-state index in [4.69, 9.17) is 18.9 Å². The number of Topliss-reactive ketones (excluding diaryl/α,β-unsaturated/α-hetero) is 2. The van der Waals surface area contributed by atoms with Crippen molar-refractivity contribution in [3.63, 3.8) is 0 Å². The van der Waals surface area contributed by atoms with Crippen LogP contribution < -0.4 is 0 Å². The molecule has 0 spiro atoms. The minimum absolute atomic E-state index is 0.00242. The van der Waals surface area contributed by atoms with Gasteiger partial charge in [0.15, 0.2) is 0 Å². The van der Waals surface area contributed by atoms with Gasteiger partial charge in [0.05, 0.1) is 30.5 Å². The molecule has 1 amide bonds. The van der Waals surface area contributed by atoms with Gasteiger partial charge < -0.3 is 44.3 Å². The third-order valence-corrected chi connectivity index (χ3v) is 12.6. The number of ketones is 2. The van der Waals surface area contributed by atoms with Crippen LogP contribution in [0.1, 0.15) is 105 Å². The van der Waals surface area contributed by atoms with Gasteiger partial charge in [-0.2, -0.15) is 0 Å². The van der Waals surface area contributed by atoms with Crippen LogP contribution in [0.4, 0.5) is 0 Å². The Morgan fingerprint density at radius 2 is 1.62 bits per heavy atom. The number of esters is 1. The van der Waals surface area contributed by atoms with E-state index < -0.39 is 90.0 Å². The molecule has 4 N–H and O–H groups in total. The van der Waals surface area contributed by atoms with Crippen molar-refractivity contribution in [3.8, 4) is 0 Å². The van der Waals surface area contributed by atoms with Crippen molar-refractivity contribution < 1.29 is 58.6 Å². The lowest BCUT2D eigenvalue weighted by atomic mass is 9.81. The van der Waals surface area contributed by atoms with E-state index in [2.05, 4.69) is 6.58 Å². The second-order valence-electron chi connectivity index (χ2n) is 17.1. The maximum absolute atomic E-state index is 14.2. The average molecular weight is 790 g/mol. The summed E-state index contributed by atoms with van der Waals surface area (Å²) in [4.78, 5) is 57.6. The Bertz CT molecular complexity index is 1460. The molecule has 1 aliphatic carbocycles. The number of nitrogens with zero attached hydrogens (tertiary/aromatic N) is 1. The smallest absolute Gasteiger partial charge is 0.329 e. The molecule has 1 saturated carbocycles. The van der Waals surface area contributed by atoms with Gasteiger partial charge in [0.25, 0.3) is 11.7 Å². The molecule has 2 bridgehead atoms. The van der Waals surface area contributed by atoms with Crippen LogP contribution in [0.15, 0.2) is 36.0 Å². The van der Waals surface area contributed by atoms with Crippen molar-refractivity contribution in [1.82, 2.24) is 4.90 Å². The van der Waals surface area contributed by atoms with Crippen LogP contribution in [0.25, 0.3) is 0 Å². The first-order valence-electron chi connectivity index (χ1n) is 20.5. The van der Waals surface area contributed by atoms with E-state index in [0.29, 0.717) is 56.9 Å². The highest BCUT2D eigenvalue weighted by molar-refractivity contribution is 6.39. The van der Waals surface area contributed by atoms with E-state index in [1.807, 2.05) is 26.0 Å². The van der Waals surface area contributed by atoms with Gasteiger partial charge in [-0.1, -0.05) is 44.6 Å². The zero-order valence-electron chi connectivity index (χ0n) is 34.4. The fraction of sp³-hybridized carbons (Fsp3) is 0.767. The number of allylic oxidation sites excluding steroid dienone is 4. The van der Waals surface area contributed by atoms with Gasteiger partial charge in [-0.25, -0.2) is 4.79 Å². The molecule has 3 fully saturated rings. The number of hydrogen-bond donors (Lipinski definition) is 4. The van der Waals surface area contributed by atoms with Crippen molar-refractivity contribution in [1.29, 1.82) is 0 Å². The summed E-state index contributed by atoms with van der Waals surface area (Å²) in [6, 6.07) is -1.16. The molecule has 56 heavy (non-hydrogen) atoms. The van der Waals surface area contributed by atoms with Crippen molar-refractivity contribution in [2.75, 3.05) is 20.8 Å². The third kappa shape index (κ3) is 10.8. The third-order valence-electron chi connectivity index (χ3n) is 12.6. The monoisotopic (exact) mass is 789 g/mol.